The second-order valence-electron chi connectivity index (χ2n) is 8.41. The Morgan fingerprint density at radius 1 is 1.10 bits per heavy atom. The Kier molecular flexibility index (Phi) is 9.46. The molecule has 0 spiro atoms. The Hall–Kier alpha value is -4.20. The molecule has 0 unspecified atom stereocenters. The SMILES string of the molecule is C=CCCCOc1cc(C(=O)NCC(F)(F)F)ccc1-n1cc(C(=O)NCc2ccc(S(C)(=O)=O)cc2)nn1. The van der Waals surface area contributed by atoms with Crippen LogP contribution in [-0.2, 0) is 16.4 Å². The van der Waals surface area contributed by atoms with E-state index in [1.165, 1.54) is 41.2 Å². The average Bonchev–Trinajstić information content (AvgIpc) is 3.38. The van der Waals surface area contributed by atoms with E-state index in [9.17, 15) is 31.2 Å². The predicted octanol–water partition coefficient (Wildman–Crippen LogP) is 3.24. The number of aromatic nitrogens is 3. The van der Waals surface area contributed by atoms with E-state index < -0.39 is 34.4 Å². The molecule has 1 aromatic heterocycles. The monoisotopic (exact) mass is 565 g/mol. The summed E-state index contributed by atoms with van der Waals surface area (Å²) in [7, 11) is -3.34. The zero-order valence-electron chi connectivity index (χ0n) is 20.9. The minimum absolute atomic E-state index is 0.0349. The highest BCUT2D eigenvalue weighted by molar-refractivity contribution is 7.90. The summed E-state index contributed by atoms with van der Waals surface area (Å²) >= 11 is 0. The summed E-state index contributed by atoms with van der Waals surface area (Å²) in [4.78, 5) is 25.0. The number of nitrogens with zero attached hydrogens (tertiary/aromatic N) is 3. The molecular weight excluding hydrogens is 539 g/mol. The number of benzene rings is 2. The average molecular weight is 566 g/mol. The smallest absolute Gasteiger partial charge is 0.405 e. The van der Waals surface area contributed by atoms with Crippen molar-refractivity contribution >= 4 is 21.7 Å². The van der Waals surface area contributed by atoms with Gasteiger partial charge in [-0.2, -0.15) is 13.2 Å². The van der Waals surface area contributed by atoms with Crippen LogP contribution in [0.15, 0.2) is 66.2 Å². The lowest BCUT2D eigenvalue weighted by Gasteiger charge is -2.13. The minimum atomic E-state index is -4.56. The Bertz CT molecular complexity index is 1440. The maximum absolute atomic E-state index is 12.6. The number of sulfone groups is 1. The van der Waals surface area contributed by atoms with E-state index in [1.807, 2.05) is 5.32 Å². The molecule has 3 rings (SSSR count). The third-order valence-corrected chi connectivity index (χ3v) is 6.39. The number of amides is 2. The summed E-state index contributed by atoms with van der Waals surface area (Å²) < 4.78 is 67.6. The van der Waals surface area contributed by atoms with Crippen molar-refractivity contribution in [2.45, 2.75) is 30.5 Å². The molecule has 0 saturated heterocycles. The number of allylic oxidation sites excluding steroid dienone is 1. The normalized spacial score (nSPS) is 11.6. The highest BCUT2D eigenvalue weighted by Gasteiger charge is 2.28. The Labute approximate surface area is 222 Å². The van der Waals surface area contributed by atoms with Crippen LogP contribution < -0.4 is 15.4 Å². The fraction of sp³-hybridized carbons (Fsp3) is 0.280. The van der Waals surface area contributed by atoms with Gasteiger partial charge in [0.1, 0.15) is 18.0 Å². The van der Waals surface area contributed by atoms with Crippen molar-refractivity contribution < 1.29 is 35.9 Å². The number of nitrogens with one attached hydrogen (secondary N) is 2. The Balaban J connectivity index is 1.75. The Morgan fingerprint density at radius 3 is 2.46 bits per heavy atom. The molecule has 208 valence electrons. The molecule has 0 bridgehead atoms. The van der Waals surface area contributed by atoms with Crippen LogP contribution in [0, 0.1) is 0 Å². The molecule has 2 aromatic carbocycles. The predicted molar refractivity (Wildman–Crippen MR) is 135 cm³/mol. The van der Waals surface area contributed by atoms with Crippen molar-refractivity contribution in [3.05, 3.63) is 78.1 Å². The minimum Gasteiger partial charge on any atom is -0.491 e. The van der Waals surface area contributed by atoms with E-state index in [4.69, 9.17) is 4.74 Å². The number of ether oxygens (including phenoxy) is 1. The highest BCUT2D eigenvalue weighted by Crippen LogP contribution is 2.25. The molecule has 14 heteroatoms. The summed E-state index contributed by atoms with van der Waals surface area (Å²) in [6.45, 7) is 2.49. The number of halogens is 3. The van der Waals surface area contributed by atoms with Gasteiger partial charge in [0, 0.05) is 18.4 Å². The molecule has 0 saturated carbocycles. The van der Waals surface area contributed by atoms with E-state index in [0.29, 0.717) is 24.1 Å². The first-order valence-corrected chi connectivity index (χ1v) is 13.5. The van der Waals surface area contributed by atoms with Gasteiger partial charge in [0.25, 0.3) is 11.8 Å². The van der Waals surface area contributed by atoms with E-state index >= 15 is 0 Å². The maximum Gasteiger partial charge on any atom is 0.405 e. The second-order valence-corrected chi connectivity index (χ2v) is 10.4. The molecule has 39 heavy (non-hydrogen) atoms. The van der Waals surface area contributed by atoms with Crippen molar-refractivity contribution in [2.75, 3.05) is 19.4 Å². The summed E-state index contributed by atoms with van der Waals surface area (Å²) in [5, 5.41) is 12.3. The molecular formula is C25H26F3N5O5S. The fourth-order valence-electron chi connectivity index (χ4n) is 3.27. The van der Waals surface area contributed by atoms with Crippen LogP contribution in [-0.4, -0.2) is 60.8 Å². The number of rotatable bonds is 12. The standard InChI is InChI=1S/C25H26F3N5O5S/c1-3-4-5-12-38-22-13-18(23(34)30-16-25(26,27)28)8-11-21(22)33-15-20(31-32-33)24(35)29-14-17-6-9-19(10-7-17)39(2,36)37/h3,6-11,13,15H,1,4-5,12,14,16H2,2H3,(H,29,35)(H,30,34). The number of carbonyl (C=O) groups is 2. The van der Waals surface area contributed by atoms with E-state index in [0.717, 1.165) is 6.26 Å². The first kappa shape index (κ1) is 29.4. The Morgan fingerprint density at radius 2 is 1.82 bits per heavy atom. The van der Waals surface area contributed by atoms with Crippen molar-refractivity contribution in [3.63, 3.8) is 0 Å². The first-order chi connectivity index (χ1) is 18.4. The van der Waals surface area contributed by atoms with Crippen LogP contribution in [0.4, 0.5) is 13.2 Å². The zero-order valence-corrected chi connectivity index (χ0v) is 21.7. The number of unbranched alkanes of at least 4 members (excludes halogenated alkanes) is 1. The number of alkyl halides is 3. The van der Waals surface area contributed by atoms with Gasteiger partial charge in [-0.15, -0.1) is 11.7 Å². The fourth-order valence-corrected chi connectivity index (χ4v) is 3.90. The summed E-state index contributed by atoms with van der Waals surface area (Å²) in [5.74, 6) is -1.33. The van der Waals surface area contributed by atoms with Gasteiger partial charge >= 0.3 is 6.18 Å². The van der Waals surface area contributed by atoms with Crippen molar-refractivity contribution in [3.8, 4) is 11.4 Å². The summed E-state index contributed by atoms with van der Waals surface area (Å²) in [6.07, 6.45) is 0.832. The third kappa shape index (κ3) is 8.67. The topological polar surface area (TPSA) is 132 Å². The van der Waals surface area contributed by atoms with Gasteiger partial charge in [-0.3, -0.25) is 9.59 Å². The maximum atomic E-state index is 12.6. The van der Waals surface area contributed by atoms with Crippen LogP contribution in [0.1, 0.15) is 39.3 Å². The third-order valence-electron chi connectivity index (χ3n) is 5.26. The number of carbonyl (C=O) groups excluding carboxylic acids is 2. The van der Waals surface area contributed by atoms with Crippen LogP contribution in [0.3, 0.4) is 0 Å². The van der Waals surface area contributed by atoms with Crippen molar-refractivity contribution in [2.24, 2.45) is 0 Å². The van der Waals surface area contributed by atoms with Gasteiger partial charge in [-0.25, -0.2) is 13.1 Å². The summed E-state index contributed by atoms with van der Waals surface area (Å²) in [5.41, 5.74) is 0.885. The van der Waals surface area contributed by atoms with Crippen molar-refractivity contribution in [1.82, 2.24) is 25.6 Å². The zero-order chi connectivity index (χ0) is 28.6. The first-order valence-electron chi connectivity index (χ1n) is 11.6. The molecule has 0 fully saturated rings. The van der Waals surface area contributed by atoms with Crippen LogP contribution in [0.2, 0.25) is 0 Å². The van der Waals surface area contributed by atoms with E-state index in [1.54, 1.807) is 18.2 Å². The molecule has 0 aliphatic rings. The van der Waals surface area contributed by atoms with Gasteiger partial charge in [-0.05, 0) is 48.7 Å². The van der Waals surface area contributed by atoms with Crippen LogP contribution >= 0.6 is 0 Å². The lowest BCUT2D eigenvalue weighted by molar-refractivity contribution is -0.123. The largest absolute Gasteiger partial charge is 0.491 e. The second kappa shape index (κ2) is 12.6. The van der Waals surface area contributed by atoms with Crippen LogP contribution in [0.5, 0.6) is 5.75 Å². The molecule has 2 N–H and O–H groups in total. The van der Waals surface area contributed by atoms with E-state index in [2.05, 4.69) is 22.2 Å². The molecule has 0 aliphatic heterocycles. The van der Waals surface area contributed by atoms with Gasteiger partial charge in [0.15, 0.2) is 15.5 Å². The molecule has 2 amide bonds. The lowest BCUT2D eigenvalue weighted by atomic mass is 10.1. The number of hydrogen-bond acceptors (Lipinski definition) is 7. The van der Waals surface area contributed by atoms with Crippen LogP contribution in [0.25, 0.3) is 5.69 Å². The summed E-state index contributed by atoms with van der Waals surface area (Å²) in [6, 6.07) is 10.1. The van der Waals surface area contributed by atoms with Gasteiger partial charge in [-0.1, -0.05) is 23.4 Å². The van der Waals surface area contributed by atoms with Gasteiger partial charge < -0.3 is 15.4 Å². The molecule has 0 radical (unpaired) electrons. The molecule has 10 nitrogen and oxygen atoms in total. The quantitative estimate of drug-likeness (QED) is 0.255. The molecule has 1 heterocycles. The molecule has 0 aliphatic carbocycles. The van der Waals surface area contributed by atoms with Crippen molar-refractivity contribution in [1.29, 1.82) is 0 Å². The lowest BCUT2D eigenvalue weighted by Crippen LogP contribution is -2.33. The highest BCUT2D eigenvalue weighted by atomic mass is 32.2. The molecule has 0 atom stereocenters. The van der Waals surface area contributed by atoms with E-state index in [-0.39, 0.29) is 35.1 Å². The van der Waals surface area contributed by atoms with Gasteiger partial charge in [0.2, 0.25) is 0 Å². The van der Waals surface area contributed by atoms with Gasteiger partial charge in [0.05, 0.1) is 17.7 Å². The molecule has 3 aromatic rings. The number of hydrogen-bond donors (Lipinski definition) is 2.